The minimum Gasteiger partial charge on any atom is -0.484 e. The third-order valence-electron chi connectivity index (χ3n) is 4.45. The van der Waals surface area contributed by atoms with Crippen LogP contribution in [0.5, 0.6) is 5.75 Å². The quantitative estimate of drug-likeness (QED) is 0.585. The predicted octanol–water partition coefficient (Wildman–Crippen LogP) is 2.88. The predicted molar refractivity (Wildman–Crippen MR) is 114 cm³/mol. The zero-order chi connectivity index (χ0) is 21.9. The third kappa shape index (κ3) is 6.92. The second-order valence-corrected chi connectivity index (χ2v) is 6.71. The van der Waals surface area contributed by atoms with Crippen molar-refractivity contribution in [2.45, 2.75) is 39.7 Å². The van der Waals surface area contributed by atoms with Gasteiger partial charge in [0.2, 0.25) is 0 Å². The molecule has 160 valence electrons. The van der Waals surface area contributed by atoms with Gasteiger partial charge in [-0.2, -0.15) is 0 Å². The summed E-state index contributed by atoms with van der Waals surface area (Å²) in [6, 6.07) is 13.8. The van der Waals surface area contributed by atoms with Gasteiger partial charge in [-0.05, 0) is 43.0 Å². The number of aryl methyl sites for hydroxylation is 2. The Labute approximate surface area is 176 Å². The van der Waals surface area contributed by atoms with Crippen LogP contribution in [-0.4, -0.2) is 37.0 Å². The highest BCUT2D eigenvalue weighted by Crippen LogP contribution is 2.22. The van der Waals surface area contributed by atoms with Crippen molar-refractivity contribution < 1.29 is 23.9 Å². The zero-order valence-electron chi connectivity index (χ0n) is 17.6. The van der Waals surface area contributed by atoms with E-state index >= 15 is 0 Å². The lowest BCUT2D eigenvalue weighted by atomic mass is 10.0. The topological polar surface area (TPSA) is 93.7 Å². The molecule has 0 aromatic heterocycles. The van der Waals surface area contributed by atoms with E-state index in [-0.39, 0.29) is 6.61 Å². The average Bonchev–Trinajstić information content (AvgIpc) is 2.76. The molecule has 7 nitrogen and oxygen atoms in total. The van der Waals surface area contributed by atoms with Crippen LogP contribution < -0.4 is 15.4 Å². The van der Waals surface area contributed by atoms with E-state index in [1.165, 1.54) is 6.92 Å². The Morgan fingerprint density at radius 3 is 2.10 bits per heavy atom. The standard InChI is InChI=1S/C23H28N2O5/c1-4-17-10-9-11-18(5-2)22(17)25-21(27)15-30-23(28)16(3)24-20(26)14-29-19-12-7-6-8-13-19/h6-13,16H,4-5,14-15H2,1-3H3,(H,24,26)(H,25,27)/t16-/m0/s1. The molecule has 2 aromatic carbocycles. The summed E-state index contributed by atoms with van der Waals surface area (Å²) in [5.74, 6) is -1.03. The van der Waals surface area contributed by atoms with Gasteiger partial charge >= 0.3 is 5.97 Å². The molecule has 7 heteroatoms. The maximum atomic E-state index is 12.3. The van der Waals surface area contributed by atoms with Crippen molar-refractivity contribution in [1.82, 2.24) is 5.32 Å². The Morgan fingerprint density at radius 2 is 1.50 bits per heavy atom. The largest absolute Gasteiger partial charge is 0.484 e. The van der Waals surface area contributed by atoms with Crippen LogP contribution >= 0.6 is 0 Å². The van der Waals surface area contributed by atoms with Crippen LogP contribution in [0.2, 0.25) is 0 Å². The fraction of sp³-hybridized carbons (Fsp3) is 0.348. The molecule has 0 saturated carbocycles. The van der Waals surface area contributed by atoms with Crippen LogP contribution in [0.25, 0.3) is 0 Å². The molecule has 0 aliphatic carbocycles. The average molecular weight is 412 g/mol. The highest BCUT2D eigenvalue weighted by Gasteiger charge is 2.19. The number of rotatable bonds is 10. The summed E-state index contributed by atoms with van der Waals surface area (Å²) >= 11 is 0. The summed E-state index contributed by atoms with van der Waals surface area (Å²) in [6.07, 6.45) is 1.55. The van der Waals surface area contributed by atoms with Gasteiger partial charge in [-0.25, -0.2) is 4.79 Å². The number of esters is 1. The Balaban J connectivity index is 1.79. The molecule has 0 radical (unpaired) electrons. The second-order valence-electron chi connectivity index (χ2n) is 6.71. The minimum atomic E-state index is -0.904. The molecule has 0 fully saturated rings. The number of carbonyl (C=O) groups is 3. The van der Waals surface area contributed by atoms with Crippen LogP contribution in [0.15, 0.2) is 48.5 Å². The van der Waals surface area contributed by atoms with Gasteiger partial charge in [0.1, 0.15) is 11.8 Å². The molecule has 1 atom stereocenters. The van der Waals surface area contributed by atoms with Crippen molar-refractivity contribution in [3.8, 4) is 5.75 Å². The van der Waals surface area contributed by atoms with Crippen molar-refractivity contribution in [2.24, 2.45) is 0 Å². The summed E-state index contributed by atoms with van der Waals surface area (Å²) < 4.78 is 10.4. The molecule has 30 heavy (non-hydrogen) atoms. The SMILES string of the molecule is CCc1cccc(CC)c1NC(=O)COC(=O)[C@H](C)NC(=O)COc1ccccc1. The van der Waals surface area contributed by atoms with Gasteiger partial charge in [-0.15, -0.1) is 0 Å². The second kappa shape index (κ2) is 11.6. The lowest BCUT2D eigenvalue weighted by molar-refractivity contribution is -0.150. The smallest absolute Gasteiger partial charge is 0.328 e. The number of para-hydroxylation sites is 2. The van der Waals surface area contributed by atoms with E-state index in [0.29, 0.717) is 5.75 Å². The van der Waals surface area contributed by atoms with Crippen LogP contribution in [0, 0.1) is 0 Å². The Kier molecular flexibility index (Phi) is 8.87. The van der Waals surface area contributed by atoms with E-state index in [9.17, 15) is 14.4 Å². The molecule has 0 unspecified atom stereocenters. The first-order valence-corrected chi connectivity index (χ1v) is 9.99. The van der Waals surface area contributed by atoms with Gasteiger partial charge in [0, 0.05) is 5.69 Å². The molecule has 2 amide bonds. The molecule has 2 rings (SSSR count). The fourth-order valence-electron chi connectivity index (χ4n) is 2.85. The molecule has 0 heterocycles. The van der Waals surface area contributed by atoms with Crippen molar-refractivity contribution >= 4 is 23.5 Å². The maximum Gasteiger partial charge on any atom is 0.328 e. The summed E-state index contributed by atoms with van der Waals surface area (Å²) in [6.45, 7) is 4.85. The third-order valence-corrected chi connectivity index (χ3v) is 4.45. The van der Waals surface area contributed by atoms with Gasteiger partial charge in [0.05, 0.1) is 0 Å². The zero-order valence-corrected chi connectivity index (χ0v) is 17.6. The summed E-state index contributed by atoms with van der Waals surface area (Å²) in [5, 5.41) is 5.32. The van der Waals surface area contributed by atoms with E-state index in [1.807, 2.05) is 38.1 Å². The molecular formula is C23H28N2O5. The number of amides is 2. The monoisotopic (exact) mass is 412 g/mol. The van der Waals surface area contributed by atoms with Crippen molar-refractivity contribution in [3.05, 3.63) is 59.7 Å². The van der Waals surface area contributed by atoms with Gasteiger partial charge < -0.3 is 20.1 Å². The summed E-state index contributed by atoms with van der Waals surface area (Å²) in [5.41, 5.74) is 2.81. The molecule has 0 spiro atoms. The lowest BCUT2D eigenvalue weighted by Crippen LogP contribution is -2.42. The molecule has 2 N–H and O–H groups in total. The fourth-order valence-corrected chi connectivity index (χ4v) is 2.85. The Bertz CT molecular complexity index is 845. The van der Waals surface area contributed by atoms with E-state index in [2.05, 4.69) is 10.6 Å². The number of hydrogen-bond donors (Lipinski definition) is 2. The number of hydrogen-bond acceptors (Lipinski definition) is 5. The highest BCUT2D eigenvalue weighted by atomic mass is 16.5. The van der Waals surface area contributed by atoms with Crippen molar-refractivity contribution in [1.29, 1.82) is 0 Å². The first-order chi connectivity index (χ1) is 14.4. The van der Waals surface area contributed by atoms with Crippen LogP contribution in [-0.2, 0) is 32.0 Å². The van der Waals surface area contributed by atoms with E-state index in [1.54, 1.807) is 24.3 Å². The number of benzene rings is 2. The minimum absolute atomic E-state index is 0.226. The van der Waals surface area contributed by atoms with Crippen LogP contribution in [0.4, 0.5) is 5.69 Å². The van der Waals surface area contributed by atoms with Gasteiger partial charge in [0.15, 0.2) is 13.2 Å². The Hall–Kier alpha value is -3.35. The van der Waals surface area contributed by atoms with E-state index in [0.717, 1.165) is 29.7 Å². The first kappa shape index (κ1) is 22.9. The Morgan fingerprint density at radius 1 is 0.867 bits per heavy atom. The number of nitrogens with one attached hydrogen (secondary N) is 2. The number of carbonyl (C=O) groups excluding carboxylic acids is 3. The first-order valence-electron chi connectivity index (χ1n) is 9.99. The number of ether oxygens (including phenoxy) is 2. The van der Waals surface area contributed by atoms with E-state index < -0.39 is 30.4 Å². The summed E-state index contributed by atoms with van der Waals surface area (Å²) in [7, 11) is 0. The van der Waals surface area contributed by atoms with Crippen molar-refractivity contribution in [2.75, 3.05) is 18.5 Å². The van der Waals surface area contributed by atoms with E-state index in [4.69, 9.17) is 9.47 Å². The highest BCUT2D eigenvalue weighted by molar-refractivity contribution is 5.95. The van der Waals surface area contributed by atoms with Crippen LogP contribution in [0.1, 0.15) is 31.9 Å². The molecule has 0 saturated heterocycles. The van der Waals surface area contributed by atoms with Gasteiger partial charge in [-0.1, -0.05) is 50.2 Å². The maximum absolute atomic E-state index is 12.3. The van der Waals surface area contributed by atoms with Crippen molar-refractivity contribution in [3.63, 3.8) is 0 Å². The van der Waals surface area contributed by atoms with Crippen LogP contribution in [0.3, 0.4) is 0 Å². The normalized spacial score (nSPS) is 11.3. The molecule has 0 aliphatic rings. The lowest BCUT2D eigenvalue weighted by Gasteiger charge is -2.16. The number of anilines is 1. The molecule has 0 aliphatic heterocycles. The summed E-state index contributed by atoms with van der Waals surface area (Å²) in [4.78, 5) is 36.3. The van der Waals surface area contributed by atoms with Gasteiger partial charge in [0.25, 0.3) is 11.8 Å². The molecular weight excluding hydrogens is 384 g/mol. The molecule has 0 bridgehead atoms. The van der Waals surface area contributed by atoms with Gasteiger partial charge in [-0.3, -0.25) is 9.59 Å². The molecule has 2 aromatic rings.